The minimum Gasteiger partial charge on any atom is -0.393 e. The average molecular weight is 264 g/mol. The first-order valence-corrected chi connectivity index (χ1v) is 6.79. The summed E-state index contributed by atoms with van der Waals surface area (Å²) in [5, 5.41) is 23.7. The van der Waals surface area contributed by atoms with E-state index in [1.165, 1.54) is 18.6 Å². The Kier molecular flexibility index (Phi) is 4.87. The van der Waals surface area contributed by atoms with E-state index in [0.29, 0.717) is 12.5 Å². The first-order chi connectivity index (χ1) is 9.16. The average Bonchev–Trinajstić information content (AvgIpc) is 2.41. The van der Waals surface area contributed by atoms with Gasteiger partial charge in [0.25, 0.3) is 5.69 Å². The van der Waals surface area contributed by atoms with Crippen molar-refractivity contribution in [3.05, 3.63) is 39.9 Å². The number of hydrogen-bond donors (Lipinski definition) is 2. The summed E-state index contributed by atoms with van der Waals surface area (Å²) in [7, 11) is 0. The van der Waals surface area contributed by atoms with Crippen molar-refractivity contribution in [2.75, 3.05) is 6.54 Å². The van der Waals surface area contributed by atoms with E-state index < -0.39 is 4.92 Å². The van der Waals surface area contributed by atoms with Crippen LogP contribution in [-0.2, 0) is 6.54 Å². The van der Waals surface area contributed by atoms with Crippen LogP contribution in [-0.4, -0.2) is 22.7 Å². The molecule has 5 heteroatoms. The summed E-state index contributed by atoms with van der Waals surface area (Å²) in [6, 6.07) is 6.57. The van der Waals surface area contributed by atoms with E-state index in [9.17, 15) is 15.2 Å². The van der Waals surface area contributed by atoms with Gasteiger partial charge >= 0.3 is 0 Å². The Bertz CT molecular complexity index is 419. The Morgan fingerprint density at radius 2 is 1.95 bits per heavy atom. The molecule has 1 aromatic carbocycles. The highest BCUT2D eigenvalue weighted by Gasteiger charge is 2.22. The molecule has 2 rings (SSSR count). The number of nitro benzene ring substituents is 1. The second kappa shape index (κ2) is 6.63. The molecule has 0 aromatic heterocycles. The smallest absolute Gasteiger partial charge is 0.269 e. The molecule has 1 aromatic rings. The number of aliphatic hydroxyl groups excluding tert-OH is 1. The number of rotatable bonds is 5. The predicted octanol–water partition coefficient (Wildman–Crippen LogP) is 2.24. The lowest BCUT2D eigenvalue weighted by Crippen LogP contribution is -2.33. The molecule has 0 amide bonds. The molecule has 2 N–H and O–H groups in total. The van der Waals surface area contributed by atoms with E-state index in [0.717, 1.165) is 31.4 Å². The highest BCUT2D eigenvalue weighted by molar-refractivity contribution is 5.32. The summed E-state index contributed by atoms with van der Waals surface area (Å²) in [5.74, 6) is 0.340. The lowest BCUT2D eigenvalue weighted by Gasteiger charge is -2.27. The van der Waals surface area contributed by atoms with Crippen molar-refractivity contribution in [1.29, 1.82) is 0 Å². The van der Waals surface area contributed by atoms with Crippen LogP contribution in [0.1, 0.15) is 31.2 Å². The van der Waals surface area contributed by atoms with E-state index in [1.807, 2.05) is 0 Å². The second-order valence-corrected chi connectivity index (χ2v) is 5.17. The van der Waals surface area contributed by atoms with Crippen LogP contribution >= 0.6 is 0 Å². The van der Waals surface area contributed by atoms with Crippen LogP contribution in [0.25, 0.3) is 0 Å². The Labute approximate surface area is 112 Å². The number of non-ortho nitro benzene ring substituents is 1. The van der Waals surface area contributed by atoms with E-state index >= 15 is 0 Å². The van der Waals surface area contributed by atoms with Crippen molar-refractivity contribution < 1.29 is 10.0 Å². The van der Waals surface area contributed by atoms with Crippen molar-refractivity contribution in [2.45, 2.75) is 38.3 Å². The molecule has 5 nitrogen and oxygen atoms in total. The van der Waals surface area contributed by atoms with Crippen LogP contribution in [0.15, 0.2) is 24.3 Å². The van der Waals surface area contributed by atoms with E-state index in [1.54, 1.807) is 12.1 Å². The Balaban J connectivity index is 1.77. The Morgan fingerprint density at radius 1 is 1.26 bits per heavy atom. The summed E-state index contributed by atoms with van der Waals surface area (Å²) in [5.41, 5.74) is 1.14. The molecule has 1 saturated carbocycles. The van der Waals surface area contributed by atoms with Crippen molar-refractivity contribution in [1.82, 2.24) is 5.32 Å². The fourth-order valence-electron chi connectivity index (χ4n) is 2.56. The molecule has 1 aliphatic carbocycles. The van der Waals surface area contributed by atoms with Crippen molar-refractivity contribution >= 4 is 5.69 Å². The van der Waals surface area contributed by atoms with Gasteiger partial charge < -0.3 is 10.4 Å². The predicted molar refractivity (Wildman–Crippen MR) is 72.8 cm³/mol. The van der Waals surface area contributed by atoms with Gasteiger partial charge in [0.15, 0.2) is 0 Å². The quantitative estimate of drug-likeness (QED) is 0.631. The van der Waals surface area contributed by atoms with Crippen LogP contribution in [0.2, 0.25) is 0 Å². The lowest BCUT2D eigenvalue weighted by molar-refractivity contribution is -0.384. The summed E-state index contributed by atoms with van der Waals surface area (Å²) in [4.78, 5) is 10.1. The van der Waals surface area contributed by atoms with Gasteiger partial charge in [0.2, 0.25) is 0 Å². The van der Waals surface area contributed by atoms with E-state index in [2.05, 4.69) is 5.32 Å². The molecule has 0 saturated heterocycles. The summed E-state index contributed by atoms with van der Waals surface area (Å²) < 4.78 is 0. The minimum absolute atomic E-state index is 0.117. The first kappa shape index (κ1) is 14.0. The highest BCUT2D eigenvalue weighted by Crippen LogP contribution is 2.23. The number of nitrogens with zero attached hydrogens (tertiary/aromatic N) is 1. The van der Waals surface area contributed by atoms with Gasteiger partial charge in [0.1, 0.15) is 0 Å². The molecule has 0 heterocycles. The van der Waals surface area contributed by atoms with Gasteiger partial charge in [-0.15, -0.1) is 0 Å². The van der Waals surface area contributed by atoms with Crippen molar-refractivity contribution in [3.8, 4) is 0 Å². The maximum atomic E-state index is 10.5. The Hall–Kier alpha value is -1.46. The third-order valence-corrected chi connectivity index (χ3v) is 3.75. The largest absolute Gasteiger partial charge is 0.393 e. The summed E-state index contributed by atoms with van der Waals surface area (Å²) in [6.45, 7) is 1.49. The SMILES string of the molecule is O=[N+]([O-])c1ccc(CNCC2CCCCC2O)cc1. The third-order valence-electron chi connectivity index (χ3n) is 3.75. The standard InChI is InChI=1S/C14H20N2O3/c17-14-4-2-1-3-12(14)10-15-9-11-5-7-13(8-6-11)16(18)19/h5-8,12,14-15,17H,1-4,9-10H2. The van der Waals surface area contributed by atoms with Gasteiger partial charge in [-0.25, -0.2) is 0 Å². The van der Waals surface area contributed by atoms with Gasteiger partial charge in [0.05, 0.1) is 11.0 Å². The zero-order valence-corrected chi connectivity index (χ0v) is 10.9. The van der Waals surface area contributed by atoms with Gasteiger partial charge in [-0.2, -0.15) is 0 Å². The molecule has 19 heavy (non-hydrogen) atoms. The minimum atomic E-state index is -0.393. The van der Waals surface area contributed by atoms with Gasteiger partial charge in [0, 0.05) is 25.2 Å². The van der Waals surface area contributed by atoms with E-state index in [4.69, 9.17) is 0 Å². The van der Waals surface area contributed by atoms with Crippen molar-refractivity contribution in [3.63, 3.8) is 0 Å². The maximum Gasteiger partial charge on any atom is 0.269 e. The molecular formula is C14H20N2O3. The zero-order valence-electron chi connectivity index (χ0n) is 10.9. The van der Waals surface area contributed by atoms with Gasteiger partial charge in [-0.1, -0.05) is 25.0 Å². The number of hydrogen-bond acceptors (Lipinski definition) is 4. The summed E-state index contributed by atoms with van der Waals surface area (Å²) in [6.07, 6.45) is 4.12. The lowest BCUT2D eigenvalue weighted by atomic mass is 9.86. The number of nitrogens with one attached hydrogen (secondary N) is 1. The summed E-state index contributed by atoms with van der Waals surface area (Å²) >= 11 is 0. The molecule has 0 radical (unpaired) electrons. The van der Waals surface area contributed by atoms with Crippen molar-refractivity contribution in [2.24, 2.45) is 5.92 Å². The fraction of sp³-hybridized carbons (Fsp3) is 0.571. The monoisotopic (exact) mass is 264 g/mol. The molecule has 2 atom stereocenters. The second-order valence-electron chi connectivity index (χ2n) is 5.17. The molecule has 104 valence electrons. The third kappa shape index (κ3) is 4.01. The molecule has 0 spiro atoms. The number of aliphatic hydroxyl groups is 1. The molecule has 0 aliphatic heterocycles. The topological polar surface area (TPSA) is 75.4 Å². The Morgan fingerprint density at radius 3 is 2.58 bits per heavy atom. The molecule has 1 aliphatic rings. The van der Waals surface area contributed by atoms with E-state index in [-0.39, 0.29) is 11.8 Å². The maximum absolute atomic E-state index is 10.5. The van der Waals surface area contributed by atoms with Gasteiger partial charge in [-0.3, -0.25) is 10.1 Å². The van der Waals surface area contributed by atoms with Crippen LogP contribution in [0.3, 0.4) is 0 Å². The number of nitro groups is 1. The molecule has 1 fully saturated rings. The van der Waals surface area contributed by atoms with Gasteiger partial charge in [-0.05, 0) is 24.3 Å². The molecular weight excluding hydrogens is 244 g/mol. The van der Waals surface area contributed by atoms with Crippen LogP contribution < -0.4 is 5.32 Å². The van der Waals surface area contributed by atoms with Crippen LogP contribution in [0.5, 0.6) is 0 Å². The van der Waals surface area contributed by atoms with Crippen LogP contribution in [0.4, 0.5) is 5.69 Å². The normalized spacial score (nSPS) is 23.2. The number of benzene rings is 1. The highest BCUT2D eigenvalue weighted by atomic mass is 16.6. The fourth-order valence-corrected chi connectivity index (χ4v) is 2.56. The first-order valence-electron chi connectivity index (χ1n) is 6.79. The molecule has 0 bridgehead atoms. The molecule has 2 unspecified atom stereocenters. The zero-order chi connectivity index (χ0) is 13.7. The van der Waals surface area contributed by atoms with Crippen LogP contribution in [0, 0.1) is 16.0 Å².